The molecule has 1 aromatic heterocycles. The zero-order chi connectivity index (χ0) is 16.9. The Morgan fingerprint density at radius 3 is 2.65 bits per heavy atom. The summed E-state index contributed by atoms with van der Waals surface area (Å²) < 4.78 is 10.5. The van der Waals surface area contributed by atoms with Gasteiger partial charge >= 0.3 is 0 Å². The average molecular weight is 341 g/mol. The van der Waals surface area contributed by atoms with Crippen molar-refractivity contribution < 1.29 is 14.1 Å². The number of hydrogen-bond acceptors (Lipinski definition) is 6. The lowest BCUT2D eigenvalue weighted by atomic mass is 10.0. The molecule has 0 bridgehead atoms. The Kier molecular flexibility index (Phi) is 6.50. The number of nitrogens with zero attached hydrogens (tertiary/aromatic N) is 2. The molecule has 0 aromatic carbocycles. The van der Waals surface area contributed by atoms with Crippen molar-refractivity contribution in [3.63, 3.8) is 0 Å². The van der Waals surface area contributed by atoms with Crippen molar-refractivity contribution in [2.75, 3.05) is 38.6 Å². The van der Waals surface area contributed by atoms with Gasteiger partial charge in [0.15, 0.2) is 0 Å². The second-order valence-electron chi connectivity index (χ2n) is 6.48. The van der Waals surface area contributed by atoms with E-state index in [1.54, 1.807) is 11.8 Å². The van der Waals surface area contributed by atoms with Crippen molar-refractivity contribution in [3.8, 4) is 0 Å². The maximum atomic E-state index is 12.1. The molecule has 2 rings (SSSR count). The van der Waals surface area contributed by atoms with Crippen LogP contribution in [0.3, 0.4) is 0 Å². The highest BCUT2D eigenvalue weighted by molar-refractivity contribution is 7.99. The van der Waals surface area contributed by atoms with Crippen LogP contribution in [0, 0.1) is 13.8 Å². The second kappa shape index (κ2) is 8.17. The SMILES string of the molecule is Cc1noc(C)c1CSCC(=O)NCC(C)(C)N1CCOCC1. The van der Waals surface area contributed by atoms with Gasteiger partial charge in [0.1, 0.15) is 5.76 Å². The van der Waals surface area contributed by atoms with E-state index in [2.05, 4.69) is 29.2 Å². The van der Waals surface area contributed by atoms with Crippen molar-refractivity contribution in [2.24, 2.45) is 0 Å². The van der Waals surface area contributed by atoms with Crippen LogP contribution in [0.15, 0.2) is 4.52 Å². The van der Waals surface area contributed by atoms with Gasteiger partial charge in [-0.15, -0.1) is 11.8 Å². The van der Waals surface area contributed by atoms with Crippen LogP contribution >= 0.6 is 11.8 Å². The lowest BCUT2D eigenvalue weighted by Crippen LogP contribution is -2.55. The van der Waals surface area contributed by atoms with Crippen LogP contribution in [-0.4, -0.2) is 60.1 Å². The minimum atomic E-state index is -0.0498. The van der Waals surface area contributed by atoms with Crippen LogP contribution < -0.4 is 5.32 Å². The Morgan fingerprint density at radius 1 is 1.35 bits per heavy atom. The van der Waals surface area contributed by atoms with Gasteiger partial charge in [-0.25, -0.2) is 0 Å². The number of aryl methyl sites for hydroxylation is 2. The van der Waals surface area contributed by atoms with E-state index in [9.17, 15) is 4.79 Å². The highest BCUT2D eigenvalue weighted by Crippen LogP contribution is 2.19. The predicted molar refractivity (Wildman–Crippen MR) is 91.6 cm³/mol. The van der Waals surface area contributed by atoms with E-state index in [1.165, 1.54) is 0 Å². The first-order valence-electron chi connectivity index (χ1n) is 7.99. The van der Waals surface area contributed by atoms with E-state index in [0.717, 1.165) is 49.1 Å². The largest absolute Gasteiger partial charge is 0.379 e. The van der Waals surface area contributed by atoms with Gasteiger partial charge in [0.2, 0.25) is 5.91 Å². The smallest absolute Gasteiger partial charge is 0.230 e. The maximum Gasteiger partial charge on any atom is 0.230 e. The fraction of sp³-hybridized carbons (Fsp3) is 0.750. The molecule has 1 fully saturated rings. The van der Waals surface area contributed by atoms with Gasteiger partial charge < -0.3 is 14.6 Å². The van der Waals surface area contributed by atoms with Crippen molar-refractivity contribution >= 4 is 17.7 Å². The highest BCUT2D eigenvalue weighted by Gasteiger charge is 2.28. The van der Waals surface area contributed by atoms with Crippen LogP contribution in [0.25, 0.3) is 0 Å². The fourth-order valence-electron chi connectivity index (χ4n) is 2.60. The number of carbonyl (C=O) groups excluding carboxylic acids is 1. The summed E-state index contributed by atoms with van der Waals surface area (Å²) in [6, 6.07) is 0. The molecule has 0 unspecified atom stereocenters. The molecule has 0 spiro atoms. The summed E-state index contributed by atoms with van der Waals surface area (Å²) in [7, 11) is 0. The zero-order valence-electron chi connectivity index (χ0n) is 14.5. The third-order valence-electron chi connectivity index (χ3n) is 4.25. The number of thioether (sulfide) groups is 1. The molecule has 130 valence electrons. The van der Waals surface area contributed by atoms with E-state index in [4.69, 9.17) is 9.26 Å². The molecular formula is C16H27N3O3S. The number of carbonyl (C=O) groups is 1. The molecule has 6 nitrogen and oxygen atoms in total. The number of nitrogens with one attached hydrogen (secondary N) is 1. The minimum absolute atomic E-state index is 0.0498. The monoisotopic (exact) mass is 341 g/mol. The Bertz CT molecular complexity index is 505. The first-order chi connectivity index (χ1) is 10.9. The van der Waals surface area contributed by atoms with E-state index < -0.39 is 0 Å². The third-order valence-corrected chi connectivity index (χ3v) is 5.21. The van der Waals surface area contributed by atoms with Crippen LogP contribution in [0.1, 0.15) is 30.9 Å². The van der Waals surface area contributed by atoms with Gasteiger partial charge in [-0.05, 0) is 27.7 Å². The molecule has 1 saturated heterocycles. The Labute approximate surface area is 142 Å². The maximum absolute atomic E-state index is 12.1. The van der Waals surface area contributed by atoms with Crippen molar-refractivity contribution in [3.05, 3.63) is 17.0 Å². The molecule has 1 aromatic rings. The molecule has 0 aliphatic carbocycles. The number of aromatic nitrogens is 1. The second-order valence-corrected chi connectivity index (χ2v) is 7.47. The van der Waals surface area contributed by atoms with Gasteiger partial charge in [0.25, 0.3) is 0 Å². The predicted octanol–water partition coefficient (Wildman–Crippen LogP) is 1.75. The first kappa shape index (κ1) is 18.3. The van der Waals surface area contributed by atoms with Crippen LogP contribution in [-0.2, 0) is 15.3 Å². The molecule has 0 atom stereocenters. The summed E-state index contributed by atoms with van der Waals surface area (Å²) in [5.74, 6) is 2.11. The molecule has 23 heavy (non-hydrogen) atoms. The quantitative estimate of drug-likeness (QED) is 0.815. The summed E-state index contributed by atoms with van der Waals surface area (Å²) in [4.78, 5) is 14.4. The standard InChI is InChI=1S/C16H27N3O3S/c1-12-14(13(2)22-18-12)9-23-10-15(20)17-11-16(3,4)19-5-7-21-8-6-19/h5-11H2,1-4H3,(H,17,20). The number of rotatable bonds is 7. The fourth-order valence-corrected chi connectivity index (χ4v) is 3.61. The highest BCUT2D eigenvalue weighted by atomic mass is 32.2. The lowest BCUT2D eigenvalue weighted by molar-refractivity contribution is -0.119. The zero-order valence-corrected chi connectivity index (χ0v) is 15.3. The van der Waals surface area contributed by atoms with E-state index >= 15 is 0 Å². The number of hydrogen-bond donors (Lipinski definition) is 1. The van der Waals surface area contributed by atoms with Crippen molar-refractivity contribution in [1.29, 1.82) is 0 Å². The Balaban J connectivity index is 1.70. The molecule has 1 aliphatic heterocycles. The molecular weight excluding hydrogens is 314 g/mol. The third kappa shape index (κ3) is 5.22. The summed E-state index contributed by atoms with van der Waals surface area (Å²) in [5, 5.41) is 6.98. The molecule has 0 saturated carbocycles. The lowest BCUT2D eigenvalue weighted by Gasteiger charge is -2.40. The molecule has 1 aliphatic rings. The summed E-state index contributed by atoms with van der Waals surface area (Å²) in [6.45, 7) is 12.2. The first-order valence-corrected chi connectivity index (χ1v) is 9.14. The van der Waals surface area contributed by atoms with Crippen molar-refractivity contribution in [1.82, 2.24) is 15.4 Å². The van der Waals surface area contributed by atoms with Gasteiger partial charge in [-0.2, -0.15) is 0 Å². The normalized spacial score (nSPS) is 16.5. The van der Waals surface area contributed by atoms with E-state index in [-0.39, 0.29) is 11.4 Å². The molecule has 7 heteroatoms. The topological polar surface area (TPSA) is 67.6 Å². The summed E-state index contributed by atoms with van der Waals surface area (Å²) in [5.41, 5.74) is 1.95. The van der Waals surface area contributed by atoms with Crippen LogP contribution in [0.2, 0.25) is 0 Å². The van der Waals surface area contributed by atoms with E-state index in [0.29, 0.717) is 12.3 Å². The minimum Gasteiger partial charge on any atom is -0.379 e. The van der Waals surface area contributed by atoms with Gasteiger partial charge in [-0.1, -0.05) is 5.16 Å². The van der Waals surface area contributed by atoms with Crippen LogP contribution in [0.5, 0.6) is 0 Å². The molecule has 1 amide bonds. The van der Waals surface area contributed by atoms with E-state index in [1.807, 2.05) is 13.8 Å². The molecule has 1 N–H and O–H groups in total. The van der Waals surface area contributed by atoms with Gasteiger partial charge in [0, 0.05) is 36.5 Å². The Hall–Kier alpha value is -1.05. The van der Waals surface area contributed by atoms with Crippen LogP contribution in [0.4, 0.5) is 0 Å². The number of morpholine rings is 1. The van der Waals surface area contributed by atoms with Gasteiger partial charge in [0.05, 0.1) is 24.7 Å². The summed E-state index contributed by atoms with van der Waals surface area (Å²) in [6.07, 6.45) is 0. The van der Waals surface area contributed by atoms with Gasteiger partial charge in [-0.3, -0.25) is 9.69 Å². The average Bonchev–Trinajstić information content (AvgIpc) is 2.86. The molecule has 2 heterocycles. The molecule has 0 radical (unpaired) electrons. The number of amides is 1. The number of ether oxygens (including phenoxy) is 1. The van der Waals surface area contributed by atoms with Crippen molar-refractivity contribution in [2.45, 2.75) is 39.0 Å². The Morgan fingerprint density at radius 2 is 2.04 bits per heavy atom. The summed E-state index contributed by atoms with van der Waals surface area (Å²) >= 11 is 1.59.